The highest BCUT2D eigenvalue weighted by atomic mass is 79.9. The maximum atomic E-state index is 12.2. The molecule has 2 aromatic carbocycles. The van der Waals surface area contributed by atoms with Crippen molar-refractivity contribution in [1.82, 2.24) is 5.32 Å². The average molecular weight is 387 g/mol. The predicted octanol–water partition coefficient (Wildman–Crippen LogP) is 5.12. The molecule has 110 valence electrons. The first-order valence-corrected chi connectivity index (χ1v) is 8.01. The van der Waals surface area contributed by atoms with Gasteiger partial charge in [-0.05, 0) is 43.2 Å². The van der Waals surface area contributed by atoms with Crippen LogP contribution < -0.4 is 5.32 Å². The molecule has 0 heterocycles. The van der Waals surface area contributed by atoms with Crippen LogP contribution in [0.5, 0.6) is 0 Å². The Balaban J connectivity index is 2.04. The van der Waals surface area contributed by atoms with Crippen LogP contribution in [-0.2, 0) is 6.42 Å². The minimum Gasteiger partial charge on any atom is -0.349 e. The van der Waals surface area contributed by atoms with E-state index in [-0.39, 0.29) is 11.9 Å². The van der Waals surface area contributed by atoms with E-state index in [1.165, 1.54) is 0 Å². The van der Waals surface area contributed by atoms with E-state index in [1.54, 1.807) is 18.2 Å². The van der Waals surface area contributed by atoms with Gasteiger partial charge in [-0.25, -0.2) is 0 Å². The molecule has 0 bridgehead atoms. The quantitative estimate of drug-likeness (QED) is 0.776. The van der Waals surface area contributed by atoms with E-state index in [2.05, 4.69) is 21.2 Å². The van der Waals surface area contributed by atoms with Gasteiger partial charge in [0.15, 0.2) is 0 Å². The number of halogens is 3. The molecule has 0 aliphatic heterocycles. The summed E-state index contributed by atoms with van der Waals surface area (Å²) < 4.78 is 0.777. The van der Waals surface area contributed by atoms with Gasteiger partial charge in [-0.2, -0.15) is 0 Å². The summed E-state index contributed by atoms with van der Waals surface area (Å²) in [6.45, 7) is 1.95. The van der Waals surface area contributed by atoms with E-state index in [1.807, 2.05) is 31.2 Å². The van der Waals surface area contributed by atoms with Gasteiger partial charge >= 0.3 is 0 Å². The van der Waals surface area contributed by atoms with Crippen molar-refractivity contribution in [2.24, 2.45) is 0 Å². The number of benzene rings is 2. The number of hydrogen-bond acceptors (Lipinski definition) is 1. The Hall–Kier alpha value is -1.03. The summed E-state index contributed by atoms with van der Waals surface area (Å²) in [5.41, 5.74) is 1.54. The zero-order chi connectivity index (χ0) is 15.4. The molecule has 0 spiro atoms. The van der Waals surface area contributed by atoms with Crippen molar-refractivity contribution in [2.75, 3.05) is 0 Å². The number of amides is 1. The van der Waals surface area contributed by atoms with Gasteiger partial charge in [0.2, 0.25) is 0 Å². The van der Waals surface area contributed by atoms with E-state index >= 15 is 0 Å². The molecule has 0 fully saturated rings. The first kappa shape index (κ1) is 16.3. The zero-order valence-electron chi connectivity index (χ0n) is 11.4. The van der Waals surface area contributed by atoms with Crippen molar-refractivity contribution in [3.63, 3.8) is 0 Å². The summed E-state index contributed by atoms with van der Waals surface area (Å²) in [5.74, 6) is -0.155. The van der Waals surface area contributed by atoms with Gasteiger partial charge in [0.25, 0.3) is 5.91 Å². The first-order chi connectivity index (χ1) is 9.95. The van der Waals surface area contributed by atoms with Crippen molar-refractivity contribution < 1.29 is 4.79 Å². The van der Waals surface area contributed by atoms with Crippen LogP contribution in [0, 0.1) is 0 Å². The maximum absolute atomic E-state index is 12.2. The summed E-state index contributed by atoms with van der Waals surface area (Å²) >= 11 is 15.4. The second-order valence-corrected chi connectivity index (χ2v) is 6.59. The number of rotatable bonds is 4. The Labute approximate surface area is 142 Å². The van der Waals surface area contributed by atoms with Crippen LogP contribution in [0.15, 0.2) is 46.9 Å². The predicted molar refractivity (Wildman–Crippen MR) is 91.2 cm³/mol. The number of hydrogen-bond donors (Lipinski definition) is 1. The van der Waals surface area contributed by atoms with E-state index in [0.717, 1.165) is 10.0 Å². The van der Waals surface area contributed by atoms with Gasteiger partial charge in [-0.15, -0.1) is 0 Å². The normalized spacial score (nSPS) is 12.0. The van der Waals surface area contributed by atoms with Crippen molar-refractivity contribution >= 4 is 45.0 Å². The third-order valence-electron chi connectivity index (χ3n) is 2.99. The van der Waals surface area contributed by atoms with E-state index in [9.17, 15) is 4.79 Å². The molecule has 1 amide bonds. The molecule has 0 aromatic heterocycles. The summed E-state index contributed by atoms with van der Waals surface area (Å²) in [4.78, 5) is 12.2. The summed E-state index contributed by atoms with van der Waals surface area (Å²) in [5, 5.41) is 4.18. The molecule has 0 aliphatic carbocycles. The molecule has 21 heavy (non-hydrogen) atoms. The van der Waals surface area contributed by atoms with Crippen LogP contribution in [0.25, 0.3) is 0 Å². The molecule has 2 rings (SSSR count). The van der Waals surface area contributed by atoms with Crippen molar-refractivity contribution in [1.29, 1.82) is 0 Å². The van der Waals surface area contributed by atoms with Crippen LogP contribution in [0.1, 0.15) is 22.8 Å². The van der Waals surface area contributed by atoms with Gasteiger partial charge in [0, 0.05) is 26.1 Å². The van der Waals surface area contributed by atoms with E-state index < -0.39 is 0 Å². The fraction of sp³-hybridized carbons (Fsp3) is 0.188. The van der Waals surface area contributed by atoms with E-state index in [0.29, 0.717) is 22.0 Å². The Bertz CT molecular complexity index is 640. The smallest absolute Gasteiger partial charge is 0.251 e. The Morgan fingerprint density at radius 1 is 1.24 bits per heavy atom. The SMILES string of the molecule is CC(Cc1ccccc1Cl)NC(=O)c1cc(Cl)cc(Br)c1. The van der Waals surface area contributed by atoms with Gasteiger partial charge < -0.3 is 5.32 Å². The molecule has 0 aliphatic rings. The largest absolute Gasteiger partial charge is 0.349 e. The lowest BCUT2D eigenvalue weighted by Crippen LogP contribution is -2.34. The fourth-order valence-electron chi connectivity index (χ4n) is 2.04. The van der Waals surface area contributed by atoms with Crippen LogP contribution in [0.4, 0.5) is 0 Å². The lowest BCUT2D eigenvalue weighted by atomic mass is 10.1. The minimum atomic E-state index is -0.155. The molecule has 1 unspecified atom stereocenters. The standard InChI is InChI=1S/C16H14BrCl2NO/c1-10(6-11-4-2-3-5-15(11)19)20-16(21)12-7-13(17)9-14(18)8-12/h2-5,7-10H,6H2,1H3,(H,20,21). The summed E-state index contributed by atoms with van der Waals surface area (Å²) in [6, 6.07) is 12.7. The van der Waals surface area contributed by atoms with Gasteiger partial charge in [-0.3, -0.25) is 4.79 Å². The lowest BCUT2D eigenvalue weighted by molar-refractivity contribution is 0.0940. The molecule has 0 saturated heterocycles. The second kappa shape index (κ2) is 7.30. The highest BCUT2D eigenvalue weighted by Gasteiger charge is 2.12. The number of carbonyl (C=O) groups is 1. The number of carbonyl (C=O) groups excluding carboxylic acids is 1. The molecule has 0 saturated carbocycles. The first-order valence-electron chi connectivity index (χ1n) is 6.46. The molecule has 2 aromatic rings. The zero-order valence-corrected chi connectivity index (χ0v) is 14.5. The minimum absolute atomic E-state index is 0.0323. The van der Waals surface area contributed by atoms with Crippen LogP contribution in [0.3, 0.4) is 0 Å². The Morgan fingerprint density at radius 3 is 2.62 bits per heavy atom. The van der Waals surface area contributed by atoms with Crippen LogP contribution in [0.2, 0.25) is 10.0 Å². The monoisotopic (exact) mass is 385 g/mol. The average Bonchev–Trinajstić information content (AvgIpc) is 2.40. The van der Waals surface area contributed by atoms with Crippen LogP contribution in [-0.4, -0.2) is 11.9 Å². The van der Waals surface area contributed by atoms with Gasteiger partial charge in [0.1, 0.15) is 0 Å². The summed E-state index contributed by atoms with van der Waals surface area (Å²) in [6.07, 6.45) is 0.674. The topological polar surface area (TPSA) is 29.1 Å². The third-order valence-corrected chi connectivity index (χ3v) is 4.03. The van der Waals surface area contributed by atoms with Crippen LogP contribution >= 0.6 is 39.1 Å². The highest BCUT2D eigenvalue weighted by Crippen LogP contribution is 2.20. The fourth-order valence-corrected chi connectivity index (χ4v) is 3.11. The van der Waals surface area contributed by atoms with Gasteiger partial charge in [0.05, 0.1) is 0 Å². The Kier molecular flexibility index (Phi) is 5.68. The van der Waals surface area contributed by atoms with Crippen molar-refractivity contribution in [3.05, 3.63) is 68.1 Å². The van der Waals surface area contributed by atoms with Crippen molar-refractivity contribution in [2.45, 2.75) is 19.4 Å². The maximum Gasteiger partial charge on any atom is 0.251 e. The molecular weight excluding hydrogens is 373 g/mol. The molecule has 0 radical (unpaired) electrons. The third kappa shape index (κ3) is 4.73. The second-order valence-electron chi connectivity index (χ2n) is 4.83. The summed E-state index contributed by atoms with van der Waals surface area (Å²) in [7, 11) is 0. The molecule has 2 nitrogen and oxygen atoms in total. The van der Waals surface area contributed by atoms with E-state index in [4.69, 9.17) is 23.2 Å². The highest BCUT2D eigenvalue weighted by molar-refractivity contribution is 9.10. The molecule has 1 N–H and O–H groups in total. The lowest BCUT2D eigenvalue weighted by Gasteiger charge is -2.15. The number of nitrogens with one attached hydrogen (secondary N) is 1. The molecule has 5 heteroatoms. The molecule has 1 atom stereocenters. The van der Waals surface area contributed by atoms with Gasteiger partial charge in [-0.1, -0.05) is 57.3 Å². The van der Waals surface area contributed by atoms with Crippen molar-refractivity contribution in [3.8, 4) is 0 Å². The molecular formula is C16H14BrCl2NO. The Morgan fingerprint density at radius 2 is 1.95 bits per heavy atom.